The first kappa shape index (κ1) is 14.6. The van der Waals surface area contributed by atoms with Crippen LogP contribution in [-0.2, 0) is 11.3 Å². The zero-order valence-electron chi connectivity index (χ0n) is 12.1. The number of aryl methyl sites for hydroxylation is 1. The molecule has 0 radical (unpaired) electrons. The summed E-state index contributed by atoms with van der Waals surface area (Å²) >= 11 is 0. The molecule has 5 nitrogen and oxygen atoms in total. The number of anilines is 1. The van der Waals surface area contributed by atoms with Crippen LogP contribution >= 0.6 is 0 Å². The zero-order valence-corrected chi connectivity index (χ0v) is 12.1. The Bertz CT molecular complexity index is 557. The van der Waals surface area contributed by atoms with E-state index in [2.05, 4.69) is 15.9 Å². The number of nitrogens with zero attached hydrogens (tertiary/aromatic N) is 3. The Kier molecular flexibility index (Phi) is 4.46. The number of ether oxygens (including phenoxy) is 1. The number of aromatic nitrogens is 2. The minimum Gasteiger partial charge on any atom is -0.372 e. The van der Waals surface area contributed by atoms with E-state index in [4.69, 9.17) is 11.2 Å². The molecule has 2 heterocycles. The second kappa shape index (κ2) is 6.10. The van der Waals surface area contributed by atoms with Crippen LogP contribution in [0.5, 0.6) is 0 Å². The maximum atomic E-state index is 12.0. The number of terminal acetylenes is 1. The largest absolute Gasteiger partial charge is 0.372 e. The van der Waals surface area contributed by atoms with Gasteiger partial charge in [-0.25, -0.2) is 4.68 Å². The van der Waals surface area contributed by atoms with E-state index in [1.807, 2.05) is 13.8 Å². The van der Waals surface area contributed by atoms with Crippen molar-refractivity contribution >= 4 is 5.69 Å². The van der Waals surface area contributed by atoms with Gasteiger partial charge in [0.05, 0.1) is 24.1 Å². The van der Waals surface area contributed by atoms with Crippen LogP contribution in [0.15, 0.2) is 17.1 Å². The Morgan fingerprint density at radius 2 is 2.35 bits per heavy atom. The molecule has 0 N–H and O–H groups in total. The normalized spacial score (nSPS) is 17.8. The fourth-order valence-corrected chi connectivity index (χ4v) is 2.33. The second-order valence-electron chi connectivity index (χ2n) is 5.61. The molecule has 108 valence electrons. The van der Waals surface area contributed by atoms with Gasteiger partial charge in [-0.05, 0) is 20.3 Å². The van der Waals surface area contributed by atoms with E-state index in [9.17, 15) is 4.79 Å². The van der Waals surface area contributed by atoms with Gasteiger partial charge in [0, 0.05) is 32.1 Å². The van der Waals surface area contributed by atoms with Gasteiger partial charge in [0.2, 0.25) is 0 Å². The van der Waals surface area contributed by atoms with E-state index in [1.54, 1.807) is 12.3 Å². The quantitative estimate of drug-likeness (QED) is 0.613. The summed E-state index contributed by atoms with van der Waals surface area (Å²) in [7, 11) is 0. The molecular formula is C15H21N3O2. The van der Waals surface area contributed by atoms with Crippen molar-refractivity contribution in [3.05, 3.63) is 22.6 Å². The smallest absolute Gasteiger partial charge is 0.268 e. The molecule has 1 aliphatic heterocycles. The molecule has 0 bridgehead atoms. The van der Waals surface area contributed by atoms with E-state index in [1.165, 1.54) is 4.68 Å². The monoisotopic (exact) mass is 275 g/mol. The van der Waals surface area contributed by atoms with Crippen molar-refractivity contribution in [1.82, 2.24) is 9.78 Å². The van der Waals surface area contributed by atoms with Gasteiger partial charge in [-0.2, -0.15) is 5.10 Å². The van der Waals surface area contributed by atoms with Gasteiger partial charge in [-0.1, -0.05) is 0 Å². The maximum Gasteiger partial charge on any atom is 0.268 e. The van der Waals surface area contributed by atoms with Crippen LogP contribution in [0.3, 0.4) is 0 Å². The maximum absolute atomic E-state index is 12.0. The highest BCUT2D eigenvalue weighted by Crippen LogP contribution is 2.21. The van der Waals surface area contributed by atoms with Gasteiger partial charge in [0.1, 0.15) is 0 Å². The van der Waals surface area contributed by atoms with Crippen molar-refractivity contribution in [1.29, 1.82) is 0 Å². The second-order valence-corrected chi connectivity index (χ2v) is 5.61. The van der Waals surface area contributed by atoms with Gasteiger partial charge in [-0.15, -0.1) is 12.3 Å². The lowest BCUT2D eigenvalue weighted by Crippen LogP contribution is -2.48. The summed E-state index contributed by atoms with van der Waals surface area (Å²) in [4.78, 5) is 14.2. The molecule has 1 aromatic heterocycles. The molecule has 0 saturated carbocycles. The predicted octanol–water partition coefficient (Wildman–Crippen LogP) is 1.27. The Morgan fingerprint density at radius 1 is 1.55 bits per heavy atom. The van der Waals surface area contributed by atoms with Crippen molar-refractivity contribution in [2.45, 2.75) is 38.8 Å². The number of hydrogen-bond acceptors (Lipinski definition) is 4. The van der Waals surface area contributed by atoms with E-state index in [-0.39, 0.29) is 11.2 Å². The molecule has 0 unspecified atom stereocenters. The predicted molar refractivity (Wildman–Crippen MR) is 78.8 cm³/mol. The molecule has 1 aliphatic rings. The topological polar surface area (TPSA) is 47.4 Å². The molecule has 1 saturated heterocycles. The van der Waals surface area contributed by atoms with Gasteiger partial charge in [0.15, 0.2) is 0 Å². The molecule has 5 heteroatoms. The first-order chi connectivity index (χ1) is 9.52. The van der Waals surface area contributed by atoms with Crippen LogP contribution in [0.25, 0.3) is 0 Å². The number of morpholine rings is 1. The Morgan fingerprint density at radius 3 is 3.00 bits per heavy atom. The van der Waals surface area contributed by atoms with Crippen molar-refractivity contribution in [2.24, 2.45) is 0 Å². The van der Waals surface area contributed by atoms with Gasteiger partial charge < -0.3 is 9.64 Å². The SMILES string of the molecule is C#CCCCn1ncc(N2CCOC(C)(C)C2)cc1=O. The molecule has 1 fully saturated rings. The van der Waals surface area contributed by atoms with Crippen LogP contribution in [0, 0.1) is 12.3 Å². The fraction of sp³-hybridized carbons (Fsp3) is 0.600. The average molecular weight is 275 g/mol. The summed E-state index contributed by atoms with van der Waals surface area (Å²) in [5.41, 5.74) is 0.586. The molecule has 20 heavy (non-hydrogen) atoms. The first-order valence-corrected chi connectivity index (χ1v) is 6.91. The average Bonchev–Trinajstić information content (AvgIpc) is 2.39. The number of rotatable bonds is 4. The highest BCUT2D eigenvalue weighted by Gasteiger charge is 2.27. The van der Waals surface area contributed by atoms with Crippen LogP contribution in [0.2, 0.25) is 0 Å². The van der Waals surface area contributed by atoms with E-state index in [0.29, 0.717) is 19.6 Å². The summed E-state index contributed by atoms with van der Waals surface area (Å²) in [6, 6.07) is 1.64. The molecule has 0 spiro atoms. The van der Waals surface area contributed by atoms with Gasteiger partial charge in [-0.3, -0.25) is 4.79 Å². The number of unbranched alkanes of at least 4 members (excludes halogenated alkanes) is 1. The van der Waals surface area contributed by atoms with E-state index < -0.39 is 0 Å². The molecule has 0 aliphatic carbocycles. The van der Waals surface area contributed by atoms with Crippen LogP contribution in [-0.4, -0.2) is 35.1 Å². The van der Waals surface area contributed by atoms with Gasteiger partial charge in [0.25, 0.3) is 5.56 Å². The van der Waals surface area contributed by atoms with Crippen LogP contribution in [0.1, 0.15) is 26.7 Å². The molecular weight excluding hydrogens is 254 g/mol. The Balaban J connectivity index is 2.09. The van der Waals surface area contributed by atoms with E-state index >= 15 is 0 Å². The van der Waals surface area contributed by atoms with Crippen LogP contribution < -0.4 is 10.5 Å². The third-order valence-electron chi connectivity index (χ3n) is 3.34. The van der Waals surface area contributed by atoms with Crippen molar-refractivity contribution in [2.75, 3.05) is 24.6 Å². The molecule has 0 amide bonds. The van der Waals surface area contributed by atoms with Gasteiger partial charge >= 0.3 is 0 Å². The minimum absolute atomic E-state index is 0.0798. The third-order valence-corrected chi connectivity index (χ3v) is 3.34. The van der Waals surface area contributed by atoms with Crippen LogP contribution in [0.4, 0.5) is 5.69 Å². The van der Waals surface area contributed by atoms with E-state index in [0.717, 1.165) is 25.2 Å². The summed E-state index contributed by atoms with van der Waals surface area (Å²) in [5.74, 6) is 2.56. The molecule has 1 aromatic rings. The lowest BCUT2D eigenvalue weighted by atomic mass is 10.1. The van der Waals surface area contributed by atoms with Crippen molar-refractivity contribution in [3.63, 3.8) is 0 Å². The fourth-order valence-electron chi connectivity index (χ4n) is 2.33. The highest BCUT2D eigenvalue weighted by atomic mass is 16.5. The molecule has 2 rings (SSSR count). The standard InChI is InChI=1S/C15H21N3O2/c1-4-5-6-7-18-14(19)10-13(11-16-18)17-8-9-20-15(2,3)12-17/h1,10-11H,5-9,12H2,2-3H3. The Labute approximate surface area is 119 Å². The Hall–Kier alpha value is -1.80. The minimum atomic E-state index is -0.195. The highest BCUT2D eigenvalue weighted by molar-refractivity contribution is 5.43. The first-order valence-electron chi connectivity index (χ1n) is 6.91. The molecule has 0 aromatic carbocycles. The summed E-state index contributed by atoms with van der Waals surface area (Å²) in [6.07, 6.45) is 8.38. The summed E-state index contributed by atoms with van der Waals surface area (Å²) in [6.45, 7) is 6.87. The van der Waals surface area contributed by atoms with Crippen molar-refractivity contribution in [3.8, 4) is 12.3 Å². The lowest BCUT2D eigenvalue weighted by molar-refractivity contribution is -0.0277. The zero-order chi connectivity index (χ0) is 14.6. The molecule has 0 atom stereocenters. The lowest BCUT2D eigenvalue weighted by Gasteiger charge is -2.39. The van der Waals surface area contributed by atoms with Crippen molar-refractivity contribution < 1.29 is 4.74 Å². The third kappa shape index (κ3) is 3.61. The summed E-state index contributed by atoms with van der Waals surface area (Å²) < 4.78 is 7.14. The number of hydrogen-bond donors (Lipinski definition) is 0. The summed E-state index contributed by atoms with van der Waals surface area (Å²) in [5, 5.41) is 4.23.